The highest BCUT2D eigenvalue weighted by Crippen LogP contribution is 2.39. The third-order valence-corrected chi connectivity index (χ3v) is 14.3. The van der Waals surface area contributed by atoms with Gasteiger partial charge in [0.15, 0.2) is 5.82 Å². The Bertz CT molecular complexity index is 4260. The number of fused-ring (bicyclic) bond motifs is 9. The minimum absolute atomic E-state index is 0.665. The Morgan fingerprint density at radius 3 is 1.19 bits per heavy atom. The van der Waals surface area contributed by atoms with Gasteiger partial charge in [-0.15, -0.1) is 0 Å². The van der Waals surface area contributed by atoms with Gasteiger partial charge in [-0.3, -0.25) is 9.13 Å². The molecule has 0 saturated heterocycles. The quantitative estimate of drug-likeness (QED) is 0.167. The number of rotatable bonds is 6. The maximum atomic E-state index is 5.42. The first-order valence-corrected chi connectivity index (χ1v) is 24.7. The molecule has 0 bridgehead atoms. The zero-order valence-electron chi connectivity index (χ0n) is 40.3. The van der Waals surface area contributed by atoms with Crippen LogP contribution in [0.3, 0.4) is 0 Å². The smallest absolute Gasteiger partial charge is 0.163 e. The van der Waals surface area contributed by atoms with Crippen molar-refractivity contribution < 1.29 is 0 Å². The SMILES string of the molecule is Cc1ccc2c(c1)c1ccccc1n2-c1cc(-n2c3ccccc3c3cc(-n4c5ccccc5c5ccccc54)ccc32)nc(-c2ccc(-c3ccccc3)cc2)n1.Cc1ccccc1-c1ccccc1C. The number of aryl methyl sites for hydroxylation is 3. The Morgan fingerprint density at radius 1 is 0.278 bits per heavy atom. The van der Waals surface area contributed by atoms with E-state index in [1.807, 2.05) is 0 Å². The molecule has 0 unspecified atom stereocenters. The molecule has 0 aliphatic rings. The molecular formula is C67H49N5. The Labute approximate surface area is 418 Å². The predicted molar refractivity (Wildman–Crippen MR) is 302 cm³/mol. The van der Waals surface area contributed by atoms with Crippen molar-refractivity contribution in [2.45, 2.75) is 20.8 Å². The van der Waals surface area contributed by atoms with Crippen LogP contribution in [0.1, 0.15) is 16.7 Å². The molecule has 0 spiro atoms. The third kappa shape index (κ3) is 7.25. The topological polar surface area (TPSA) is 40.6 Å². The molecule has 0 radical (unpaired) electrons. The minimum atomic E-state index is 0.665. The molecule has 0 atom stereocenters. The van der Waals surface area contributed by atoms with Crippen LogP contribution in [-0.4, -0.2) is 23.7 Å². The van der Waals surface area contributed by atoms with Crippen LogP contribution in [0, 0.1) is 20.8 Å². The fourth-order valence-electron chi connectivity index (χ4n) is 10.9. The molecule has 4 heterocycles. The molecule has 0 aliphatic carbocycles. The van der Waals surface area contributed by atoms with Crippen LogP contribution in [0.5, 0.6) is 0 Å². The van der Waals surface area contributed by atoms with Crippen molar-refractivity contribution in [2.24, 2.45) is 0 Å². The van der Waals surface area contributed by atoms with E-state index in [1.54, 1.807) is 0 Å². The zero-order chi connectivity index (χ0) is 48.3. The van der Waals surface area contributed by atoms with Crippen LogP contribution in [-0.2, 0) is 0 Å². The second-order valence-corrected chi connectivity index (χ2v) is 18.8. The maximum absolute atomic E-state index is 5.42. The van der Waals surface area contributed by atoms with Gasteiger partial charge >= 0.3 is 0 Å². The van der Waals surface area contributed by atoms with Crippen LogP contribution < -0.4 is 0 Å². The third-order valence-electron chi connectivity index (χ3n) is 14.3. The summed E-state index contributed by atoms with van der Waals surface area (Å²) in [5.74, 6) is 2.29. The number of aromatic nitrogens is 5. The van der Waals surface area contributed by atoms with Crippen molar-refractivity contribution in [3.63, 3.8) is 0 Å². The first-order valence-electron chi connectivity index (χ1n) is 24.7. The second kappa shape index (κ2) is 17.6. The molecule has 14 rings (SSSR count). The molecular weight excluding hydrogens is 875 g/mol. The summed E-state index contributed by atoms with van der Waals surface area (Å²) in [4.78, 5) is 10.8. The summed E-state index contributed by atoms with van der Waals surface area (Å²) in [6, 6.07) is 86.5. The van der Waals surface area contributed by atoms with Gasteiger partial charge in [-0.1, -0.05) is 188 Å². The minimum Gasteiger partial charge on any atom is -0.309 e. The van der Waals surface area contributed by atoms with Gasteiger partial charge in [-0.2, -0.15) is 0 Å². The summed E-state index contributed by atoms with van der Waals surface area (Å²) in [7, 11) is 0. The van der Waals surface area contributed by atoms with Crippen LogP contribution in [0.25, 0.3) is 116 Å². The van der Waals surface area contributed by atoms with Gasteiger partial charge < -0.3 is 4.57 Å². The fraction of sp³-hybridized carbons (Fsp3) is 0.0448. The summed E-state index contributed by atoms with van der Waals surface area (Å²) in [5, 5.41) is 7.23. The van der Waals surface area contributed by atoms with Crippen LogP contribution in [0.2, 0.25) is 0 Å². The van der Waals surface area contributed by atoms with Crippen LogP contribution in [0.15, 0.2) is 243 Å². The van der Waals surface area contributed by atoms with E-state index in [0.29, 0.717) is 5.82 Å². The first kappa shape index (κ1) is 42.8. The molecule has 0 saturated carbocycles. The van der Waals surface area contributed by atoms with Gasteiger partial charge in [0.1, 0.15) is 11.6 Å². The summed E-state index contributed by atoms with van der Waals surface area (Å²) in [6.07, 6.45) is 0. The Kier molecular flexibility index (Phi) is 10.4. The second-order valence-electron chi connectivity index (χ2n) is 18.8. The molecule has 5 nitrogen and oxygen atoms in total. The number of hydrogen-bond donors (Lipinski definition) is 0. The zero-order valence-corrected chi connectivity index (χ0v) is 40.3. The van der Waals surface area contributed by atoms with E-state index in [2.05, 4.69) is 277 Å². The van der Waals surface area contributed by atoms with E-state index in [1.165, 1.54) is 71.3 Å². The number of hydrogen-bond acceptors (Lipinski definition) is 2. The molecule has 5 heteroatoms. The number of nitrogens with zero attached hydrogens (tertiary/aromatic N) is 5. The van der Waals surface area contributed by atoms with Crippen molar-refractivity contribution in [3.8, 4) is 51.0 Å². The summed E-state index contributed by atoms with van der Waals surface area (Å²) in [6.45, 7) is 6.46. The molecule has 0 aliphatic heterocycles. The summed E-state index contributed by atoms with van der Waals surface area (Å²) in [5.41, 5.74) is 17.7. The van der Waals surface area contributed by atoms with E-state index in [9.17, 15) is 0 Å². The highest BCUT2D eigenvalue weighted by atomic mass is 15.1. The van der Waals surface area contributed by atoms with E-state index in [-0.39, 0.29) is 0 Å². The lowest BCUT2D eigenvalue weighted by molar-refractivity contribution is 0.994. The van der Waals surface area contributed by atoms with E-state index >= 15 is 0 Å². The highest BCUT2D eigenvalue weighted by Gasteiger charge is 2.21. The van der Waals surface area contributed by atoms with Gasteiger partial charge in [-0.05, 0) is 109 Å². The number of para-hydroxylation sites is 4. The molecule has 72 heavy (non-hydrogen) atoms. The lowest BCUT2D eigenvalue weighted by atomic mass is 9.97. The summed E-state index contributed by atoms with van der Waals surface area (Å²) >= 11 is 0. The van der Waals surface area contributed by atoms with E-state index in [0.717, 1.165) is 55.9 Å². The monoisotopic (exact) mass is 923 g/mol. The van der Waals surface area contributed by atoms with Gasteiger partial charge in [0.25, 0.3) is 0 Å². The van der Waals surface area contributed by atoms with Gasteiger partial charge in [0, 0.05) is 49.6 Å². The van der Waals surface area contributed by atoms with Crippen molar-refractivity contribution >= 4 is 65.4 Å². The Hall–Kier alpha value is -9.32. The normalized spacial score (nSPS) is 11.5. The summed E-state index contributed by atoms with van der Waals surface area (Å²) < 4.78 is 7.00. The van der Waals surface area contributed by atoms with E-state index < -0.39 is 0 Å². The lowest BCUT2D eigenvalue weighted by Crippen LogP contribution is -2.06. The Morgan fingerprint density at radius 2 is 0.667 bits per heavy atom. The first-order chi connectivity index (χ1) is 35.5. The van der Waals surface area contributed by atoms with Gasteiger partial charge in [0.05, 0.1) is 33.1 Å². The maximum Gasteiger partial charge on any atom is 0.163 e. The standard InChI is InChI=1S/C53H35N5.C14H14/c1-34-23-29-49-43(31-34)41-17-7-11-21-47(41)57(49)51-33-52(55-53(54-51)37-26-24-36(25-27-37)35-13-3-2-4-14-35)58-48-22-12-8-18-42(48)44-32-38(28-30-50(44)58)56-45-19-9-5-15-39(45)40-16-6-10-20-46(40)56;1-11-7-3-5-9-13(11)14-10-6-4-8-12(14)2/h2-33H,1H3;3-10H,1-2H3. The Balaban J connectivity index is 0.000000311. The molecule has 0 fully saturated rings. The van der Waals surface area contributed by atoms with Gasteiger partial charge in [-0.25, -0.2) is 9.97 Å². The highest BCUT2D eigenvalue weighted by molar-refractivity contribution is 6.13. The predicted octanol–water partition coefficient (Wildman–Crippen LogP) is 17.4. The largest absolute Gasteiger partial charge is 0.309 e. The van der Waals surface area contributed by atoms with Crippen molar-refractivity contribution in [3.05, 3.63) is 259 Å². The van der Waals surface area contributed by atoms with Crippen LogP contribution >= 0.6 is 0 Å². The average Bonchev–Trinajstić information content (AvgIpc) is 4.07. The van der Waals surface area contributed by atoms with E-state index in [4.69, 9.17) is 9.97 Å². The van der Waals surface area contributed by atoms with Crippen molar-refractivity contribution in [1.29, 1.82) is 0 Å². The molecule has 0 N–H and O–H groups in total. The average molecular weight is 924 g/mol. The van der Waals surface area contributed by atoms with Crippen molar-refractivity contribution in [2.75, 3.05) is 0 Å². The number of benzene rings is 10. The van der Waals surface area contributed by atoms with Crippen molar-refractivity contribution in [1.82, 2.24) is 23.7 Å². The molecule has 10 aromatic carbocycles. The molecule has 4 aromatic heterocycles. The van der Waals surface area contributed by atoms with Crippen LogP contribution in [0.4, 0.5) is 0 Å². The fourth-order valence-corrected chi connectivity index (χ4v) is 10.9. The molecule has 14 aromatic rings. The molecule has 0 amide bonds. The lowest BCUT2D eigenvalue weighted by Gasteiger charge is -2.14. The van der Waals surface area contributed by atoms with Gasteiger partial charge in [0.2, 0.25) is 0 Å². The molecule has 342 valence electrons.